The van der Waals surface area contributed by atoms with Crippen LogP contribution in [0.3, 0.4) is 0 Å². The zero-order valence-corrected chi connectivity index (χ0v) is 16.1. The van der Waals surface area contributed by atoms with E-state index in [0.717, 1.165) is 17.1 Å². The predicted octanol–water partition coefficient (Wildman–Crippen LogP) is 1.87. The van der Waals surface area contributed by atoms with Gasteiger partial charge in [-0.3, -0.25) is 29.7 Å². The van der Waals surface area contributed by atoms with Crippen molar-refractivity contribution in [3.8, 4) is 5.69 Å². The number of thioether (sulfide) groups is 1. The first kappa shape index (κ1) is 18.7. The Hall–Kier alpha value is -3.07. The first-order chi connectivity index (χ1) is 13.0. The molecule has 0 saturated carbocycles. The normalized spacial score (nSPS) is 10.6. The number of hydrazine groups is 1. The van der Waals surface area contributed by atoms with Crippen LogP contribution in [0, 0.1) is 13.8 Å². The zero-order valence-electron chi connectivity index (χ0n) is 15.3. The van der Waals surface area contributed by atoms with Crippen molar-refractivity contribution in [3.63, 3.8) is 0 Å². The molecule has 2 amide bonds. The van der Waals surface area contributed by atoms with Crippen LogP contribution in [-0.2, 0) is 11.3 Å². The number of nitrogens with zero attached hydrogens (tertiary/aromatic N) is 4. The molecule has 3 aromatic rings. The van der Waals surface area contributed by atoms with Gasteiger partial charge in [0.15, 0.2) is 5.16 Å². The van der Waals surface area contributed by atoms with E-state index in [-0.39, 0.29) is 12.5 Å². The molecule has 0 aliphatic heterocycles. The van der Waals surface area contributed by atoms with E-state index in [1.807, 2.05) is 56.5 Å². The van der Waals surface area contributed by atoms with Gasteiger partial charge in [-0.2, -0.15) is 5.10 Å². The van der Waals surface area contributed by atoms with Crippen LogP contribution in [0.2, 0.25) is 0 Å². The molecule has 0 aliphatic rings. The molecule has 1 aromatic carbocycles. The molecule has 0 spiro atoms. The lowest BCUT2D eigenvalue weighted by atomic mass is 10.3. The number of imidazole rings is 1. The SMILES string of the molecule is CSc1ncc(C(=O)NNC(=O)Cn2nc(C)cc2C)n1-c1ccccc1. The third kappa shape index (κ3) is 4.20. The van der Waals surface area contributed by atoms with Gasteiger partial charge in [0.25, 0.3) is 11.8 Å². The molecule has 0 bridgehead atoms. The number of carbonyl (C=O) groups excluding carboxylic acids is 2. The highest BCUT2D eigenvalue weighted by Crippen LogP contribution is 2.21. The standard InChI is InChI=1S/C18H20N6O2S/c1-12-9-13(2)23(22-12)11-16(25)20-21-17(26)15-10-19-18(27-3)24(15)14-7-5-4-6-8-14/h4-10H,11H2,1-3H3,(H,20,25)(H,21,26). The Morgan fingerprint density at radius 3 is 2.52 bits per heavy atom. The van der Waals surface area contributed by atoms with E-state index in [2.05, 4.69) is 20.9 Å². The van der Waals surface area contributed by atoms with Crippen LogP contribution in [0.4, 0.5) is 0 Å². The average molecular weight is 384 g/mol. The van der Waals surface area contributed by atoms with Crippen molar-refractivity contribution in [1.82, 2.24) is 30.2 Å². The average Bonchev–Trinajstić information content (AvgIpc) is 3.23. The van der Waals surface area contributed by atoms with Crippen molar-refractivity contribution in [1.29, 1.82) is 0 Å². The summed E-state index contributed by atoms with van der Waals surface area (Å²) in [6.07, 6.45) is 3.38. The van der Waals surface area contributed by atoms with Crippen molar-refractivity contribution in [2.45, 2.75) is 25.5 Å². The molecule has 2 heterocycles. The molecule has 0 aliphatic carbocycles. The largest absolute Gasteiger partial charge is 0.288 e. The number of carbonyl (C=O) groups is 2. The summed E-state index contributed by atoms with van der Waals surface area (Å²) in [5.41, 5.74) is 7.73. The van der Waals surface area contributed by atoms with Gasteiger partial charge in [-0.05, 0) is 38.3 Å². The Bertz CT molecular complexity index is 964. The minimum absolute atomic E-state index is 0.0218. The molecular weight excluding hydrogens is 364 g/mol. The van der Waals surface area contributed by atoms with Crippen LogP contribution in [0.25, 0.3) is 5.69 Å². The van der Waals surface area contributed by atoms with Crippen molar-refractivity contribution < 1.29 is 9.59 Å². The van der Waals surface area contributed by atoms with Gasteiger partial charge >= 0.3 is 0 Å². The summed E-state index contributed by atoms with van der Waals surface area (Å²) in [5, 5.41) is 4.91. The van der Waals surface area contributed by atoms with Gasteiger partial charge in [0, 0.05) is 11.4 Å². The molecule has 2 N–H and O–H groups in total. The van der Waals surface area contributed by atoms with Gasteiger partial charge in [0.2, 0.25) is 0 Å². The quantitative estimate of drug-likeness (QED) is 0.517. The molecule has 3 rings (SSSR count). The number of aryl methyl sites for hydroxylation is 2. The fourth-order valence-corrected chi connectivity index (χ4v) is 3.21. The van der Waals surface area contributed by atoms with Crippen molar-refractivity contribution >= 4 is 23.6 Å². The van der Waals surface area contributed by atoms with Crippen molar-refractivity contribution in [2.75, 3.05) is 6.26 Å². The van der Waals surface area contributed by atoms with Gasteiger partial charge < -0.3 is 0 Å². The monoisotopic (exact) mass is 384 g/mol. The molecule has 0 radical (unpaired) electrons. The first-order valence-corrected chi connectivity index (χ1v) is 9.49. The van der Waals surface area contributed by atoms with E-state index in [4.69, 9.17) is 0 Å². The smallest absolute Gasteiger partial charge is 0.283 e. The molecule has 27 heavy (non-hydrogen) atoms. The first-order valence-electron chi connectivity index (χ1n) is 8.27. The summed E-state index contributed by atoms with van der Waals surface area (Å²) in [6.45, 7) is 3.75. The maximum absolute atomic E-state index is 12.6. The second-order valence-electron chi connectivity index (χ2n) is 5.89. The van der Waals surface area contributed by atoms with Gasteiger partial charge in [-0.25, -0.2) is 4.98 Å². The van der Waals surface area contributed by atoms with Gasteiger partial charge in [-0.15, -0.1) is 0 Å². The highest BCUT2D eigenvalue weighted by molar-refractivity contribution is 7.98. The van der Waals surface area contributed by atoms with Crippen molar-refractivity contribution in [3.05, 3.63) is 59.7 Å². The number of hydrogen-bond acceptors (Lipinski definition) is 5. The van der Waals surface area contributed by atoms with Gasteiger partial charge in [0.05, 0.1) is 11.9 Å². The minimum atomic E-state index is -0.451. The second kappa shape index (κ2) is 8.09. The summed E-state index contributed by atoms with van der Waals surface area (Å²) in [6, 6.07) is 11.3. The highest BCUT2D eigenvalue weighted by Gasteiger charge is 2.18. The molecule has 0 fully saturated rings. The van der Waals surface area contributed by atoms with Crippen LogP contribution in [-0.4, -0.2) is 37.4 Å². The number of nitrogens with one attached hydrogen (secondary N) is 2. The topological polar surface area (TPSA) is 93.8 Å². The van der Waals surface area contributed by atoms with Gasteiger partial charge in [0.1, 0.15) is 12.2 Å². The molecule has 0 saturated heterocycles. The predicted molar refractivity (Wildman–Crippen MR) is 103 cm³/mol. The molecule has 2 aromatic heterocycles. The summed E-state index contributed by atoms with van der Waals surface area (Å²) >= 11 is 1.43. The summed E-state index contributed by atoms with van der Waals surface area (Å²) < 4.78 is 3.32. The lowest BCUT2D eigenvalue weighted by molar-refractivity contribution is -0.122. The Morgan fingerprint density at radius 2 is 1.89 bits per heavy atom. The highest BCUT2D eigenvalue weighted by atomic mass is 32.2. The van der Waals surface area contributed by atoms with E-state index in [1.54, 1.807) is 9.25 Å². The maximum Gasteiger partial charge on any atom is 0.288 e. The Labute approximate surface area is 160 Å². The maximum atomic E-state index is 12.6. The number of rotatable bonds is 5. The number of aromatic nitrogens is 4. The Balaban J connectivity index is 1.71. The van der Waals surface area contributed by atoms with Crippen LogP contribution >= 0.6 is 11.8 Å². The Kier molecular flexibility index (Phi) is 5.60. The Morgan fingerprint density at radius 1 is 1.15 bits per heavy atom. The lowest BCUT2D eigenvalue weighted by Gasteiger charge is -2.12. The van der Waals surface area contributed by atoms with Gasteiger partial charge in [-0.1, -0.05) is 30.0 Å². The van der Waals surface area contributed by atoms with Crippen LogP contribution < -0.4 is 10.9 Å². The minimum Gasteiger partial charge on any atom is -0.283 e. The van der Waals surface area contributed by atoms with E-state index in [9.17, 15) is 9.59 Å². The van der Waals surface area contributed by atoms with Crippen molar-refractivity contribution in [2.24, 2.45) is 0 Å². The van der Waals surface area contributed by atoms with Crippen LogP contribution in [0.15, 0.2) is 47.8 Å². The summed E-state index contributed by atoms with van der Waals surface area (Å²) in [7, 11) is 0. The third-order valence-corrected chi connectivity index (χ3v) is 4.52. The van der Waals surface area contributed by atoms with E-state index >= 15 is 0 Å². The fourth-order valence-electron chi connectivity index (χ4n) is 2.67. The van der Waals surface area contributed by atoms with E-state index in [1.165, 1.54) is 18.0 Å². The van der Waals surface area contributed by atoms with E-state index in [0.29, 0.717) is 10.9 Å². The summed E-state index contributed by atoms with van der Waals surface area (Å²) in [5.74, 6) is -0.821. The zero-order chi connectivity index (χ0) is 19.4. The fraction of sp³-hybridized carbons (Fsp3) is 0.222. The summed E-state index contributed by atoms with van der Waals surface area (Å²) in [4.78, 5) is 29.0. The molecule has 140 valence electrons. The molecular formula is C18H20N6O2S. The number of para-hydroxylation sites is 1. The second-order valence-corrected chi connectivity index (χ2v) is 6.66. The lowest BCUT2D eigenvalue weighted by Crippen LogP contribution is -2.44. The third-order valence-electron chi connectivity index (χ3n) is 3.87. The molecule has 9 heteroatoms. The van der Waals surface area contributed by atoms with Crippen LogP contribution in [0.5, 0.6) is 0 Å². The molecule has 0 atom stereocenters. The number of amides is 2. The number of hydrogen-bond donors (Lipinski definition) is 2. The van der Waals surface area contributed by atoms with E-state index < -0.39 is 5.91 Å². The van der Waals surface area contributed by atoms with Crippen LogP contribution in [0.1, 0.15) is 21.9 Å². The molecule has 0 unspecified atom stereocenters. The molecule has 8 nitrogen and oxygen atoms in total. The number of benzene rings is 1.